The van der Waals surface area contributed by atoms with E-state index >= 15 is 0 Å². The van der Waals surface area contributed by atoms with Crippen LogP contribution in [0.4, 0.5) is 0 Å². The number of hydrogen-bond donors (Lipinski definition) is 1. The van der Waals surface area contributed by atoms with Crippen LogP contribution in [0.2, 0.25) is 0 Å². The van der Waals surface area contributed by atoms with E-state index < -0.39 is 0 Å². The molecule has 1 aromatic rings. The quantitative estimate of drug-likeness (QED) is 0.848. The summed E-state index contributed by atoms with van der Waals surface area (Å²) in [5.41, 5.74) is 1.25. The Hall–Kier alpha value is -1.02. The van der Waals surface area contributed by atoms with E-state index in [4.69, 9.17) is 4.74 Å². The van der Waals surface area contributed by atoms with Gasteiger partial charge in [-0.3, -0.25) is 0 Å². The molecular formula is C14H20O2. The molecule has 2 unspecified atom stereocenters. The number of benzene rings is 1. The van der Waals surface area contributed by atoms with Crippen molar-refractivity contribution in [2.45, 2.75) is 51.2 Å². The molecule has 0 bridgehead atoms. The molecule has 1 aromatic carbocycles. The van der Waals surface area contributed by atoms with Crippen LogP contribution >= 0.6 is 0 Å². The number of aliphatic hydroxyl groups is 1. The van der Waals surface area contributed by atoms with Gasteiger partial charge in [-0.25, -0.2) is 0 Å². The molecule has 0 heterocycles. The Kier molecular flexibility index (Phi) is 3.49. The fourth-order valence-electron chi connectivity index (χ4n) is 2.27. The van der Waals surface area contributed by atoms with Crippen LogP contribution in [-0.4, -0.2) is 17.3 Å². The second kappa shape index (κ2) is 4.88. The maximum atomic E-state index is 9.48. The maximum Gasteiger partial charge on any atom is 0.123 e. The van der Waals surface area contributed by atoms with Gasteiger partial charge in [0.2, 0.25) is 0 Å². The van der Waals surface area contributed by atoms with E-state index in [9.17, 15) is 5.11 Å². The molecule has 88 valence electrons. The summed E-state index contributed by atoms with van der Waals surface area (Å²) in [6.07, 6.45) is 2.63. The van der Waals surface area contributed by atoms with Crippen LogP contribution in [0.3, 0.4) is 0 Å². The summed E-state index contributed by atoms with van der Waals surface area (Å²) < 4.78 is 5.98. The lowest BCUT2D eigenvalue weighted by Gasteiger charge is -2.18. The first-order valence-corrected chi connectivity index (χ1v) is 6.10. The van der Waals surface area contributed by atoms with Crippen molar-refractivity contribution < 1.29 is 9.84 Å². The van der Waals surface area contributed by atoms with Gasteiger partial charge in [0.15, 0.2) is 0 Å². The summed E-state index contributed by atoms with van der Waals surface area (Å²) in [6.45, 7) is 4.34. The van der Waals surface area contributed by atoms with E-state index in [2.05, 4.69) is 19.9 Å². The topological polar surface area (TPSA) is 29.5 Å². The zero-order chi connectivity index (χ0) is 11.5. The number of para-hydroxylation sites is 1. The molecule has 0 radical (unpaired) electrons. The van der Waals surface area contributed by atoms with Crippen molar-refractivity contribution in [3.05, 3.63) is 29.8 Å². The van der Waals surface area contributed by atoms with Crippen molar-refractivity contribution in [2.24, 2.45) is 0 Å². The van der Waals surface area contributed by atoms with Crippen LogP contribution in [0, 0.1) is 0 Å². The SMILES string of the molecule is CC(C)c1ccccc1OC1CCC(O)C1. The zero-order valence-corrected chi connectivity index (χ0v) is 10.0. The second-order valence-electron chi connectivity index (χ2n) is 4.90. The Morgan fingerprint density at radius 2 is 2.00 bits per heavy atom. The summed E-state index contributed by atoms with van der Waals surface area (Å²) in [5, 5.41) is 9.48. The third-order valence-electron chi connectivity index (χ3n) is 3.19. The van der Waals surface area contributed by atoms with Crippen LogP contribution in [0.1, 0.15) is 44.6 Å². The lowest BCUT2D eigenvalue weighted by Crippen LogP contribution is -2.14. The molecule has 1 aliphatic carbocycles. The molecule has 1 saturated carbocycles. The lowest BCUT2D eigenvalue weighted by molar-refractivity contribution is 0.149. The fourth-order valence-corrected chi connectivity index (χ4v) is 2.27. The predicted molar refractivity (Wildman–Crippen MR) is 64.8 cm³/mol. The maximum absolute atomic E-state index is 9.48. The molecule has 2 nitrogen and oxygen atoms in total. The largest absolute Gasteiger partial charge is 0.490 e. The second-order valence-corrected chi connectivity index (χ2v) is 4.90. The van der Waals surface area contributed by atoms with Crippen LogP contribution in [0.5, 0.6) is 5.75 Å². The molecular weight excluding hydrogens is 200 g/mol. The molecule has 2 rings (SSSR count). The Bertz CT molecular complexity index is 346. The molecule has 0 aliphatic heterocycles. The van der Waals surface area contributed by atoms with Crippen LogP contribution in [0.25, 0.3) is 0 Å². The van der Waals surface area contributed by atoms with E-state index in [-0.39, 0.29) is 12.2 Å². The third-order valence-corrected chi connectivity index (χ3v) is 3.19. The van der Waals surface area contributed by atoms with Crippen molar-refractivity contribution in [2.75, 3.05) is 0 Å². The summed E-state index contributed by atoms with van der Waals surface area (Å²) in [6, 6.07) is 8.20. The van der Waals surface area contributed by atoms with Gasteiger partial charge in [-0.15, -0.1) is 0 Å². The summed E-state index contributed by atoms with van der Waals surface area (Å²) in [4.78, 5) is 0. The number of rotatable bonds is 3. The van der Waals surface area contributed by atoms with Gasteiger partial charge in [0.1, 0.15) is 11.9 Å². The van der Waals surface area contributed by atoms with Crippen LogP contribution in [-0.2, 0) is 0 Å². The van der Waals surface area contributed by atoms with Crippen molar-refractivity contribution >= 4 is 0 Å². The lowest BCUT2D eigenvalue weighted by atomic mass is 10.0. The van der Waals surface area contributed by atoms with Gasteiger partial charge >= 0.3 is 0 Å². The average molecular weight is 220 g/mol. The third kappa shape index (κ3) is 2.56. The normalized spacial score (nSPS) is 25.0. The summed E-state index contributed by atoms with van der Waals surface area (Å²) >= 11 is 0. The highest BCUT2D eigenvalue weighted by Crippen LogP contribution is 2.30. The molecule has 1 fully saturated rings. The minimum atomic E-state index is -0.170. The van der Waals surface area contributed by atoms with Crippen molar-refractivity contribution in [3.63, 3.8) is 0 Å². The highest BCUT2D eigenvalue weighted by molar-refractivity contribution is 5.35. The molecule has 1 aliphatic rings. The molecule has 0 aromatic heterocycles. The molecule has 0 spiro atoms. The van der Waals surface area contributed by atoms with Gasteiger partial charge in [0.25, 0.3) is 0 Å². The zero-order valence-electron chi connectivity index (χ0n) is 10.0. The van der Waals surface area contributed by atoms with E-state index in [0.29, 0.717) is 5.92 Å². The molecule has 2 atom stereocenters. The monoisotopic (exact) mass is 220 g/mol. The molecule has 0 saturated heterocycles. The molecule has 16 heavy (non-hydrogen) atoms. The minimum absolute atomic E-state index is 0.170. The standard InChI is InChI=1S/C14H20O2/c1-10(2)13-5-3-4-6-14(13)16-12-8-7-11(15)9-12/h3-6,10-12,15H,7-9H2,1-2H3. The van der Waals surface area contributed by atoms with Crippen molar-refractivity contribution in [1.82, 2.24) is 0 Å². The number of ether oxygens (including phenoxy) is 1. The van der Waals surface area contributed by atoms with Crippen LogP contribution in [0.15, 0.2) is 24.3 Å². The van der Waals surface area contributed by atoms with Gasteiger partial charge < -0.3 is 9.84 Å². The van der Waals surface area contributed by atoms with E-state index in [0.717, 1.165) is 25.0 Å². The number of aliphatic hydroxyl groups excluding tert-OH is 1. The Morgan fingerprint density at radius 1 is 1.25 bits per heavy atom. The minimum Gasteiger partial charge on any atom is -0.490 e. The molecule has 2 heteroatoms. The first kappa shape index (κ1) is 11.5. The van der Waals surface area contributed by atoms with Gasteiger partial charge in [0.05, 0.1) is 6.10 Å². The highest BCUT2D eigenvalue weighted by atomic mass is 16.5. The summed E-state index contributed by atoms with van der Waals surface area (Å²) in [7, 11) is 0. The van der Waals surface area contributed by atoms with E-state index in [1.807, 2.05) is 18.2 Å². The van der Waals surface area contributed by atoms with Gasteiger partial charge in [-0.1, -0.05) is 32.0 Å². The predicted octanol–water partition coefficient (Wildman–Crippen LogP) is 3.10. The van der Waals surface area contributed by atoms with Crippen molar-refractivity contribution in [1.29, 1.82) is 0 Å². The van der Waals surface area contributed by atoms with E-state index in [1.54, 1.807) is 0 Å². The van der Waals surface area contributed by atoms with Crippen molar-refractivity contribution in [3.8, 4) is 5.75 Å². The smallest absolute Gasteiger partial charge is 0.123 e. The van der Waals surface area contributed by atoms with E-state index in [1.165, 1.54) is 5.56 Å². The van der Waals surface area contributed by atoms with Gasteiger partial charge in [-0.05, 0) is 30.4 Å². The van der Waals surface area contributed by atoms with Gasteiger partial charge in [-0.2, -0.15) is 0 Å². The Balaban J connectivity index is 2.09. The first-order chi connectivity index (χ1) is 7.66. The molecule has 0 amide bonds. The summed E-state index contributed by atoms with van der Waals surface area (Å²) in [5.74, 6) is 1.46. The highest BCUT2D eigenvalue weighted by Gasteiger charge is 2.24. The van der Waals surface area contributed by atoms with Crippen LogP contribution < -0.4 is 4.74 Å². The fraction of sp³-hybridized carbons (Fsp3) is 0.571. The Morgan fingerprint density at radius 3 is 2.62 bits per heavy atom. The number of hydrogen-bond acceptors (Lipinski definition) is 2. The van der Waals surface area contributed by atoms with Gasteiger partial charge in [0, 0.05) is 6.42 Å². The molecule has 1 N–H and O–H groups in total. The Labute approximate surface area is 97.3 Å². The average Bonchev–Trinajstić information content (AvgIpc) is 2.64. The first-order valence-electron chi connectivity index (χ1n) is 6.10.